The number of aryl methyl sites for hydroxylation is 1. The maximum Gasteiger partial charge on any atom is 0.244 e. The molecule has 124 valence electrons. The highest BCUT2D eigenvalue weighted by molar-refractivity contribution is 6.11. The third kappa shape index (κ3) is 2.26. The van der Waals surface area contributed by atoms with E-state index in [-0.39, 0.29) is 23.8 Å². The minimum Gasteiger partial charge on any atom is -0.323 e. The maximum atomic E-state index is 13.6. The molecular weight excluding hydrogens is 318 g/mol. The van der Waals surface area contributed by atoms with Gasteiger partial charge in [-0.25, -0.2) is 8.78 Å². The molecule has 6 nitrogen and oxygen atoms in total. The lowest BCUT2D eigenvalue weighted by Gasteiger charge is -2.33. The summed E-state index contributed by atoms with van der Waals surface area (Å²) in [6.45, 7) is 0.518. The predicted octanol–water partition coefficient (Wildman–Crippen LogP) is 2.02. The summed E-state index contributed by atoms with van der Waals surface area (Å²) < 4.78 is 28.8. The second-order valence-corrected chi connectivity index (χ2v) is 5.93. The maximum absolute atomic E-state index is 13.6. The van der Waals surface area contributed by atoms with Gasteiger partial charge in [0.1, 0.15) is 6.54 Å². The normalized spacial score (nSPS) is 19.5. The molecule has 0 bridgehead atoms. The van der Waals surface area contributed by atoms with Gasteiger partial charge in [0.05, 0.1) is 23.0 Å². The molecule has 0 saturated heterocycles. The highest BCUT2D eigenvalue weighted by Gasteiger charge is 2.35. The number of anilines is 2. The highest BCUT2D eigenvalue weighted by atomic mass is 19.2. The molecule has 2 aliphatic rings. The summed E-state index contributed by atoms with van der Waals surface area (Å²) in [5, 5.41) is 6.65. The Balaban J connectivity index is 1.74. The quantitative estimate of drug-likeness (QED) is 0.869. The van der Waals surface area contributed by atoms with Crippen molar-refractivity contribution in [1.29, 1.82) is 0 Å². The molecule has 2 amide bonds. The fraction of sp³-hybridized carbons (Fsp3) is 0.312. The SMILES string of the molecule is O=C1CN(C(=O)C2CCCn3nccc32)c2cc(F)c(F)cc2N1. The van der Waals surface area contributed by atoms with Crippen molar-refractivity contribution in [2.24, 2.45) is 0 Å². The van der Waals surface area contributed by atoms with E-state index in [0.29, 0.717) is 6.42 Å². The lowest BCUT2D eigenvalue weighted by atomic mass is 9.94. The molecule has 0 saturated carbocycles. The number of nitrogens with one attached hydrogen (secondary N) is 1. The van der Waals surface area contributed by atoms with E-state index in [1.807, 2.05) is 0 Å². The fourth-order valence-electron chi connectivity index (χ4n) is 3.33. The number of nitrogens with zero attached hydrogens (tertiary/aromatic N) is 3. The topological polar surface area (TPSA) is 67.2 Å². The van der Waals surface area contributed by atoms with Crippen molar-refractivity contribution in [1.82, 2.24) is 9.78 Å². The van der Waals surface area contributed by atoms with E-state index in [4.69, 9.17) is 0 Å². The molecule has 2 aromatic rings. The number of aromatic nitrogens is 2. The number of rotatable bonds is 1. The van der Waals surface area contributed by atoms with E-state index in [9.17, 15) is 18.4 Å². The number of hydrogen-bond acceptors (Lipinski definition) is 3. The molecule has 4 rings (SSSR count). The number of amides is 2. The summed E-state index contributed by atoms with van der Waals surface area (Å²) in [7, 11) is 0. The first-order valence-electron chi connectivity index (χ1n) is 7.66. The summed E-state index contributed by atoms with van der Waals surface area (Å²) in [6, 6.07) is 3.62. The first kappa shape index (κ1) is 14.8. The molecular formula is C16H14F2N4O2. The highest BCUT2D eigenvalue weighted by Crippen LogP contribution is 2.36. The third-order valence-electron chi connectivity index (χ3n) is 4.44. The number of halogens is 2. The van der Waals surface area contributed by atoms with Gasteiger partial charge in [-0.15, -0.1) is 0 Å². The van der Waals surface area contributed by atoms with E-state index in [2.05, 4.69) is 10.4 Å². The van der Waals surface area contributed by atoms with Gasteiger partial charge in [-0.05, 0) is 18.9 Å². The number of fused-ring (bicyclic) bond motifs is 2. The summed E-state index contributed by atoms with van der Waals surface area (Å²) in [4.78, 5) is 26.1. The second-order valence-electron chi connectivity index (χ2n) is 5.93. The lowest BCUT2D eigenvalue weighted by molar-refractivity contribution is -0.123. The zero-order valence-electron chi connectivity index (χ0n) is 12.6. The van der Waals surface area contributed by atoms with Crippen LogP contribution in [0.1, 0.15) is 24.5 Å². The van der Waals surface area contributed by atoms with Crippen LogP contribution in [0.4, 0.5) is 20.2 Å². The van der Waals surface area contributed by atoms with Crippen molar-refractivity contribution >= 4 is 23.2 Å². The van der Waals surface area contributed by atoms with E-state index < -0.39 is 23.5 Å². The van der Waals surface area contributed by atoms with Crippen molar-refractivity contribution in [2.45, 2.75) is 25.3 Å². The Morgan fingerprint density at radius 1 is 1.29 bits per heavy atom. The Morgan fingerprint density at radius 2 is 2.08 bits per heavy atom. The minimum atomic E-state index is -1.07. The molecule has 1 atom stereocenters. The van der Waals surface area contributed by atoms with Gasteiger partial charge in [-0.2, -0.15) is 5.10 Å². The predicted molar refractivity (Wildman–Crippen MR) is 81.5 cm³/mol. The van der Waals surface area contributed by atoms with Crippen LogP contribution in [0.2, 0.25) is 0 Å². The van der Waals surface area contributed by atoms with Gasteiger partial charge in [0.15, 0.2) is 11.6 Å². The summed E-state index contributed by atoms with van der Waals surface area (Å²) >= 11 is 0. The molecule has 0 aliphatic carbocycles. The molecule has 3 heterocycles. The molecule has 0 radical (unpaired) electrons. The van der Waals surface area contributed by atoms with E-state index in [0.717, 1.165) is 30.8 Å². The van der Waals surface area contributed by atoms with Gasteiger partial charge in [0.2, 0.25) is 11.8 Å². The van der Waals surface area contributed by atoms with Crippen LogP contribution in [0.5, 0.6) is 0 Å². The molecule has 1 N–H and O–H groups in total. The number of carbonyl (C=O) groups excluding carboxylic acids is 2. The molecule has 1 aromatic heterocycles. The molecule has 8 heteroatoms. The Labute approximate surface area is 136 Å². The Hall–Kier alpha value is -2.77. The average Bonchev–Trinajstić information content (AvgIpc) is 3.03. The second kappa shape index (κ2) is 5.40. The van der Waals surface area contributed by atoms with Gasteiger partial charge in [-0.1, -0.05) is 0 Å². The monoisotopic (exact) mass is 332 g/mol. The van der Waals surface area contributed by atoms with E-state index in [1.165, 1.54) is 4.90 Å². The van der Waals surface area contributed by atoms with Crippen LogP contribution in [0, 0.1) is 11.6 Å². The lowest BCUT2D eigenvalue weighted by Crippen LogP contribution is -2.45. The Bertz CT molecular complexity index is 849. The summed E-state index contributed by atoms with van der Waals surface area (Å²) in [5.74, 6) is -3.33. The Kier molecular flexibility index (Phi) is 3.33. The van der Waals surface area contributed by atoms with Crippen molar-refractivity contribution < 1.29 is 18.4 Å². The zero-order valence-corrected chi connectivity index (χ0v) is 12.6. The van der Waals surface area contributed by atoms with Crippen LogP contribution in [-0.2, 0) is 16.1 Å². The average molecular weight is 332 g/mol. The van der Waals surface area contributed by atoms with Crippen molar-refractivity contribution in [2.75, 3.05) is 16.8 Å². The van der Waals surface area contributed by atoms with E-state index in [1.54, 1.807) is 16.9 Å². The van der Waals surface area contributed by atoms with Crippen LogP contribution in [0.15, 0.2) is 24.4 Å². The number of hydrogen-bond donors (Lipinski definition) is 1. The smallest absolute Gasteiger partial charge is 0.244 e. The first-order chi connectivity index (χ1) is 11.5. The van der Waals surface area contributed by atoms with Gasteiger partial charge < -0.3 is 10.2 Å². The third-order valence-corrected chi connectivity index (χ3v) is 4.44. The number of benzene rings is 1. The van der Waals surface area contributed by atoms with Crippen molar-refractivity contribution in [3.8, 4) is 0 Å². The molecule has 0 spiro atoms. The van der Waals surface area contributed by atoms with Gasteiger partial charge in [-0.3, -0.25) is 14.3 Å². The largest absolute Gasteiger partial charge is 0.323 e. The van der Waals surface area contributed by atoms with E-state index >= 15 is 0 Å². The molecule has 0 fully saturated rings. The molecule has 1 aromatic carbocycles. The minimum absolute atomic E-state index is 0.0998. The molecule has 1 unspecified atom stereocenters. The molecule has 24 heavy (non-hydrogen) atoms. The zero-order chi connectivity index (χ0) is 16.8. The first-order valence-corrected chi connectivity index (χ1v) is 7.66. The van der Waals surface area contributed by atoms with Crippen molar-refractivity contribution in [3.05, 3.63) is 41.7 Å². The molecule has 2 aliphatic heterocycles. The van der Waals surface area contributed by atoms with Crippen LogP contribution in [0.25, 0.3) is 0 Å². The van der Waals surface area contributed by atoms with Crippen LogP contribution >= 0.6 is 0 Å². The van der Waals surface area contributed by atoms with Crippen LogP contribution < -0.4 is 10.2 Å². The van der Waals surface area contributed by atoms with Gasteiger partial charge in [0, 0.05) is 24.9 Å². The van der Waals surface area contributed by atoms with Gasteiger partial charge >= 0.3 is 0 Å². The van der Waals surface area contributed by atoms with Gasteiger partial charge in [0.25, 0.3) is 0 Å². The fourth-order valence-corrected chi connectivity index (χ4v) is 3.33. The Morgan fingerprint density at radius 3 is 2.92 bits per heavy atom. The summed E-state index contributed by atoms with van der Waals surface area (Å²) in [5.41, 5.74) is 1.05. The number of carbonyl (C=O) groups is 2. The standard InChI is InChI=1S/C16H14F2N4O2/c17-10-6-12-14(7-11(10)18)21(8-15(23)20-12)16(24)9-2-1-5-22-13(9)3-4-19-22/h3-4,6-7,9H,1-2,5,8H2,(H,20,23). The van der Waals surface area contributed by atoms with Crippen LogP contribution in [0.3, 0.4) is 0 Å². The van der Waals surface area contributed by atoms with Crippen LogP contribution in [-0.4, -0.2) is 28.1 Å². The van der Waals surface area contributed by atoms with Crippen molar-refractivity contribution in [3.63, 3.8) is 0 Å². The summed E-state index contributed by atoms with van der Waals surface area (Å²) in [6.07, 6.45) is 3.05.